The number of ether oxygens (including phenoxy) is 1. The molecule has 0 fully saturated rings. The van der Waals surface area contributed by atoms with Gasteiger partial charge in [0.25, 0.3) is 0 Å². The Morgan fingerprint density at radius 1 is 1.23 bits per heavy atom. The molecule has 2 aromatic rings. The molecule has 1 aliphatic rings. The summed E-state index contributed by atoms with van der Waals surface area (Å²) in [6.07, 6.45) is 2.85. The van der Waals surface area contributed by atoms with Crippen LogP contribution in [-0.4, -0.2) is 22.7 Å². The van der Waals surface area contributed by atoms with E-state index in [0.29, 0.717) is 12.5 Å². The first kappa shape index (κ1) is 18.6. The van der Waals surface area contributed by atoms with E-state index >= 15 is 0 Å². The van der Waals surface area contributed by atoms with E-state index in [-0.39, 0.29) is 5.69 Å². The van der Waals surface area contributed by atoms with Crippen LogP contribution in [0.3, 0.4) is 0 Å². The number of carboxylic acid groups (broad SMARTS) is 1. The first-order valence-corrected chi connectivity index (χ1v) is 9.60. The zero-order valence-corrected chi connectivity index (χ0v) is 16.5. The third kappa shape index (κ3) is 4.15. The molecule has 136 valence electrons. The highest BCUT2D eigenvalue weighted by atomic mass is 79.9. The molecule has 1 aliphatic carbocycles. The van der Waals surface area contributed by atoms with Crippen molar-refractivity contribution >= 4 is 33.0 Å². The summed E-state index contributed by atoms with van der Waals surface area (Å²) in [6.45, 7) is 4.91. The van der Waals surface area contributed by atoms with Crippen molar-refractivity contribution < 1.29 is 14.6 Å². The van der Waals surface area contributed by atoms with Crippen LogP contribution in [0.5, 0.6) is 5.75 Å². The van der Waals surface area contributed by atoms with Crippen LogP contribution in [0.4, 0.5) is 0 Å². The van der Waals surface area contributed by atoms with Crippen molar-refractivity contribution in [3.8, 4) is 5.75 Å². The van der Waals surface area contributed by atoms with Crippen LogP contribution in [0.1, 0.15) is 54.9 Å². The topological polar surface area (TPSA) is 59.4 Å². The highest BCUT2D eigenvalue weighted by Gasteiger charge is 2.22. The summed E-state index contributed by atoms with van der Waals surface area (Å²) >= 11 is 3.56. The van der Waals surface area contributed by atoms with Crippen molar-refractivity contribution in [3.05, 3.63) is 57.8 Å². The van der Waals surface area contributed by atoms with E-state index in [9.17, 15) is 9.90 Å². The Labute approximate surface area is 162 Å². The Hall–Kier alpha value is -2.14. The smallest absolute Gasteiger partial charge is 0.354 e. The van der Waals surface area contributed by atoms with E-state index in [1.807, 2.05) is 18.2 Å². The van der Waals surface area contributed by atoms with E-state index in [2.05, 4.69) is 40.8 Å². The molecule has 0 bridgehead atoms. The minimum absolute atomic E-state index is 0.0757. The fourth-order valence-electron chi connectivity index (χ4n) is 3.17. The summed E-state index contributed by atoms with van der Waals surface area (Å²) in [5, 5.41) is 9.23. The van der Waals surface area contributed by atoms with E-state index in [4.69, 9.17) is 4.74 Å². The van der Waals surface area contributed by atoms with Crippen LogP contribution in [0.25, 0.3) is 11.1 Å². The van der Waals surface area contributed by atoms with Crippen LogP contribution in [-0.2, 0) is 0 Å². The molecule has 1 aromatic carbocycles. The van der Waals surface area contributed by atoms with Gasteiger partial charge in [-0.3, -0.25) is 0 Å². The maximum absolute atomic E-state index is 11.3. The Kier molecular flexibility index (Phi) is 5.77. The normalized spacial score (nSPS) is 14.2. The lowest BCUT2D eigenvalue weighted by molar-refractivity contribution is 0.0690. The molecule has 0 amide bonds. The average molecular weight is 416 g/mol. The number of allylic oxidation sites excluding steroid dienone is 2. The minimum atomic E-state index is -1.00. The van der Waals surface area contributed by atoms with Gasteiger partial charge in [0.1, 0.15) is 11.4 Å². The van der Waals surface area contributed by atoms with Gasteiger partial charge in [-0.1, -0.05) is 35.8 Å². The summed E-state index contributed by atoms with van der Waals surface area (Å²) in [6, 6.07) is 11.2. The van der Waals surface area contributed by atoms with Crippen molar-refractivity contribution in [3.63, 3.8) is 0 Å². The van der Waals surface area contributed by atoms with Gasteiger partial charge in [0.15, 0.2) is 0 Å². The molecule has 26 heavy (non-hydrogen) atoms. The van der Waals surface area contributed by atoms with Crippen LogP contribution in [0, 0.1) is 5.92 Å². The molecular weight excluding hydrogens is 394 g/mol. The molecule has 0 spiro atoms. The number of carbonyl (C=O) groups is 1. The zero-order chi connectivity index (χ0) is 18.7. The second-order valence-electron chi connectivity index (χ2n) is 6.87. The molecule has 0 saturated carbocycles. The second kappa shape index (κ2) is 8.04. The minimum Gasteiger partial charge on any atom is -0.493 e. The monoisotopic (exact) mass is 415 g/mol. The SMILES string of the molecule is CC(C)COc1ccc(Br)cc1C1=C(c2cccc(C(=O)O)n2)CCC1. The van der Waals surface area contributed by atoms with Gasteiger partial charge in [0.05, 0.1) is 12.3 Å². The molecule has 1 N–H and O–H groups in total. The van der Waals surface area contributed by atoms with Crippen molar-refractivity contribution in [2.24, 2.45) is 5.92 Å². The lowest BCUT2D eigenvalue weighted by atomic mass is 9.99. The third-order valence-electron chi connectivity index (χ3n) is 4.33. The van der Waals surface area contributed by atoms with Gasteiger partial charge in [-0.05, 0) is 66.7 Å². The predicted molar refractivity (Wildman–Crippen MR) is 106 cm³/mol. The molecular formula is C21H22BrNO3. The van der Waals surface area contributed by atoms with Gasteiger partial charge in [-0.2, -0.15) is 0 Å². The van der Waals surface area contributed by atoms with Crippen molar-refractivity contribution in [2.75, 3.05) is 6.61 Å². The maximum Gasteiger partial charge on any atom is 0.354 e. The summed E-state index contributed by atoms with van der Waals surface area (Å²) in [5.41, 5.74) is 4.19. The number of aromatic nitrogens is 1. The summed E-state index contributed by atoms with van der Waals surface area (Å²) < 4.78 is 7.04. The molecule has 3 rings (SSSR count). The van der Waals surface area contributed by atoms with E-state index < -0.39 is 5.97 Å². The van der Waals surface area contributed by atoms with Crippen molar-refractivity contribution in [1.29, 1.82) is 0 Å². The number of pyridine rings is 1. The summed E-state index contributed by atoms with van der Waals surface area (Å²) in [4.78, 5) is 15.6. The molecule has 0 saturated heterocycles. The highest BCUT2D eigenvalue weighted by molar-refractivity contribution is 9.10. The molecule has 5 heteroatoms. The third-order valence-corrected chi connectivity index (χ3v) is 4.83. The number of hydrogen-bond acceptors (Lipinski definition) is 3. The van der Waals surface area contributed by atoms with E-state index in [0.717, 1.165) is 46.3 Å². The Morgan fingerprint density at radius 2 is 2.00 bits per heavy atom. The van der Waals surface area contributed by atoms with Gasteiger partial charge in [-0.25, -0.2) is 9.78 Å². The van der Waals surface area contributed by atoms with Crippen LogP contribution in [0.2, 0.25) is 0 Å². The second-order valence-corrected chi connectivity index (χ2v) is 7.78. The van der Waals surface area contributed by atoms with E-state index in [1.54, 1.807) is 6.07 Å². The molecule has 0 atom stereocenters. The number of rotatable bonds is 6. The Balaban J connectivity index is 2.06. The summed E-state index contributed by atoms with van der Waals surface area (Å²) in [5.74, 6) is 0.304. The molecule has 0 unspecified atom stereocenters. The standard InChI is InChI=1S/C21H22BrNO3/c1-13(2)12-26-20-10-9-14(22)11-17(20)15-5-3-6-16(15)18-7-4-8-19(23-18)21(24)25/h4,7-11,13H,3,5-6,12H2,1-2H3,(H,24,25). The predicted octanol–water partition coefficient (Wildman–Crippen LogP) is 5.67. The van der Waals surface area contributed by atoms with Gasteiger partial charge >= 0.3 is 5.97 Å². The number of halogens is 1. The average Bonchev–Trinajstić information content (AvgIpc) is 3.10. The molecule has 1 aromatic heterocycles. The quantitative estimate of drug-likeness (QED) is 0.659. The Bertz CT molecular complexity index is 858. The van der Waals surface area contributed by atoms with Crippen LogP contribution < -0.4 is 4.74 Å². The van der Waals surface area contributed by atoms with Crippen LogP contribution >= 0.6 is 15.9 Å². The van der Waals surface area contributed by atoms with Gasteiger partial charge < -0.3 is 9.84 Å². The zero-order valence-electron chi connectivity index (χ0n) is 15.0. The fraction of sp³-hybridized carbons (Fsp3) is 0.333. The molecule has 1 heterocycles. The Morgan fingerprint density at radius 3 is 2.73 bits per heavy atom. The highest BCUT2D eigenvalue weighted by Crippen LogP contribution is 2.43. The van der Waals surface area contributed by atoms with E-state index in [1.165, 1.54) is 11.6 Å². The van der Waals surface area contributed by atoms with Gasteiger partial charge in [0, 0.05) is 10.0 Å². The molecule has 0 aliphatic heterocycles. The number of benzene rings is 1. The number of nitrogens with zero attached hydrogens (tertiary/aromatic N) is 1. The molecule has 0 radical (unpaired) electrons. The largest absolute Gasteiger partial charge is 0.493 e. The van der Waals surface area contributed by atoms with Crippen molar-refractivity contribution in [1.82, 2.24) is 4.98 Å². The van der Waals surface area contributed by atoms with Crippen LogP contribution in [0.15, 0.2) is 40.9 Å². The number of carboxylic acids is 1. The summed E-state index contributed by atoms with van der Waals surface area (Å²) in [7, 11) is 0. The molecule has 4 nitrogen and oxygen atoms in total. The first-order valence-electron chi connectivity index (χ1n) is 8.81. The van der Waals surface area contributed by atoms with Crippen molar-refractivity contribution in [2.45, 2.75) is 33.1 Å². The first-order chi connectivity index (χ1) is 12.5. The fourth-order valence-corrected chi connectivity index (χ4v) is 3.53. The lowest BCUT2D eigenvalue weighted by Gasteiger charge is -2.16. The van der Waals surface area contributed by atoms with Gasteiger partial charge in [-0.15, -0.1) is 0 Å². The number of aromatic carboxylic acids is 1. The lowest BCUT2D eigenvalue weighted by Crippen LogP contribution is -2.06. The maximum atomic E-state index is 11.3. The number of hydrogen-bond donors (Lipinski definition) is 1. The van der Waals surface area contributed by atoms with Gasteiger partial charge in [0.2, 0.25) is 0 Å².